The summed E-state index contributed by atoms with van der Waals surface area (Å²) in [5.41, 5.74) is 11.4. The van der Waals surface area contributed by atoms with Crippen molar-refractivity contribution in [2.75, 3.05) is 0 Å². The standard InChI is InChI=1S/C47H29N5O/c1-3-10-30(11-4-1)31-20-24-35(25-21-31)46-50-45(34-12-5-2-6-13-34)51-47(52-46)37-16-9-15-36(26-37)32-18-22-33(23-19-32)41-27-40-42(29-48-41)53-44-39-17-8-7-14-38(39)28-49-43(40)44/h1-29H. The molecular formula is C47H29N5O. The molecule has 248 valence electrons. The van der Waals surface area contributed by atoms with E-state index in [1.807, 2.05) is 60.8 Å². The molecule has 0 aliphatic rings. The maximum Gasteiger partial charge on any atom is 0.164 e. The molecule has 53 heavy (non-hydrogen) atoms. The second kappa shape index (κ2) is 12.8. The number of fused-ring (bicyclic) bond motifs is 5. The summed E-state index contributed by atoms with van der Waals surface area (Å²) < 4.78 is 6.23. The molecule has 0 saturated carbocycles. The van der Waals surface area contributed by atoms with Crippen LogP contribution in [0.25, 0.3) is 101 Å². The van der Waals surface area contributed by atoms with Crippen LogP contribution in [0, 0.1) is 0 Å². The van der Waals surface area contributed by atoms with Gasteiger partial charge < -0.3 is 4.42 Å². The van der Waals surface area contributed by atoms with E-state index in [4.69, 9.17) is 29.3 Å². The number of pyridine rings is 2. The molecule has 0 N–H and O–H groups in total. The van der Waals surface area contributed by atoms with E-state index in [2.05, 4.69) is 109 Å². The van der Waals surface area contributed by atoms with Gasteiger partial charge in [0, 0.05) is 39.2 Å². The van der Waals surface area contributed by atoms with Crippen LogP contribution in [0.2, 0.25) is 0 Å². The minimum atomic E-state index is 0.616. The molecule has 0 amide bonds. The van der Waals surface area contributed by atoms with Gasteiger partial charge in [-0.05, 0) is 34.4 Å². The van der Waals surface area contributed by atoms with Crippen molar-refractivity contribution in [2.24, 2.45) is 0 Å². The minimum Gasteiger partial charge on any atom is -0.452 e. The van der Waals surface area contributed by atoms with E-state index in [1.165, 1.54) is 5.56 Å². The Morgan fingerprint density at radius 1 is 0.358 bits per heavy atom. The molecule has 0 bridgehead atoms. The van der Waals surface area contributed by atoms with Crippen molar-refractivity contribution in [1.29, 1.82) is 0 Å². The summed E-state index contributed by atoms with van der Waals surface area (Å²) in [6.45, 7) is 0. The Hall–Kier alpha value is -7.31. The molecular weight excluding hydrogens is 651 g/mol. The first-order valence-corrected chi connectivity index (χ1v) is 17.5. The van der Waals surface area contributed by atoms with Crippen LogP contribution in [-0.4, -0.2) is 24.9 Å². The van der Waals surface area contributed by atoms with Crippen molar-refractivity contribution in [3.8, 4) is 67.7 Å². The Balaban J connectivity index is 0.987. The van der Waals surface area contributed by atoms with Crippen LogP contribution in [0.1, 0.15) is 0 Å². The molecule has 0 saturated heterocycles. The van der Waals surface area contributed by atoms with Gasteiger partial charge in [0.15, 0.2) is 28.6 Å². The molecule has 0 aliphatic carbocycles. The zero-order chi connectivity index (χ0) is 35.1. The van der Waals surface area contributed by atoms with E-state index < -0.39 is 0 Å². The van der Waals surface area contributed by atoms with E-state index in [-0.39, 0.29) is 0 Å². The third-order valence-electron chi connectivity index (χ3n) is 9.64. The number of furan rings is 1. The lowest BCUT2D eigenvalue weighted by molar-refractivity contribution is 0.670. The van der Waals surface area contributed by atoms with Crippen molar-refractivity contribution in [1.82, 2.24) is 24.9 Å². The highest BCUT2D eigenvalue weighted by molar-refractivity contribution is 6.12. The van der Waals surface area contributed by atoms with Gasteiger partial charge in [0.25, 0.3) is 0 Å². The van der Waals surface area contributed by atoms with Crippen molar-refractivity contribution in [3.63, 3.8) is 0 Å². The van der Waals surface area contributed by atoms with Gasteiger partial charge in [-0.25, -0.2) is 15.0 Å². The van der Waals surface area contributed by atoms with E-state index in [0.717, 1.165) is 77.5 Å². The van der Waals surface area contributed by atoms with Crippen LogP contribution in [0.3, 0.4) is 0 Å². The molecule has 6 aromatic carbocycles. The third-order valence-corrected chi connectivity index (χ3v) is 9.64. The highest BCUT2D eigenvalue weighted by atomic mass is 16.3. The lowest BCUT2D eigenvalue weighted by Gasteiger charge is -2.10. The molecule has 0 radical (unpaired) electrons. The average molecular weight is 680 g/mol. The highest BCUT2D eigenvalue weighted by Crippen LogP contribution is 2.35. The summed E-state index contributed by atoms with van der Waals surface area (Å²) >= 11 is 0. The summed E-state index contributed by atoms with van der Waals surface area (Å²) in [5.74, 6) is 1.87. The number of benzene rings is 6. The van der Waals surface area contributed by atoms with Gasteiger partial charge in [-0.1, -0.05) is 152 Å². The molecule has 10 aromatic rings. The van der Waals surface area contributed by atoms with E-state index >= 15 is 0 Å². The molecule has 0 atom stereocenters. The Kier molecular flexibility index (Phi) is 7.36. The number of rotatable bonds is 6. The van der Waals surface area contributed by atoms with E-state index in [1.54, 1.807) is 6.20 Å². The zero-order valence-electron chi connectivity index (χ0n) is 28.4. The largest absolute Gasteiger partial charge is 0.452 e. The second-order valence-electron chi connectivity index (χ2n) is 13.0. The topological polar surface area (TPSA) is 77.6 Å². The Labute approximate surface area is 305 Å². The first kappa shape index (κ1) is 30.5. The molecule has 0 unspecified atom stereocenters. The number of hydrogen-bond acceptors (Lipinski definition) is 6. The molecule has 4 aromatic heterocycles. The predicted octanol–water partition coefficient (Wildman–Crippen LogP) is 11.7. The smallest absolute Gasteiger partial charge is 0.164 e. The predicted molar refractivity (Wildman–Crippen MR) is 213 cm³/mol. The lowest BCUT2D eigenvalue weighted by atomic mass is 10.00. The molecule has 0 aliphatic heterocycles. The van der Waals surface area contributed by atoms with Crippen molar-refractivity contribution < 1.29 is 4.42 Å². The van der Waals surface area contributed by atoms with E-state index in [0.29, 0.717) is 17.5 Å². The fourth-order valence-corrected chi connectivity index (χ4v) is 6.87. The Morgan fingerprint density at radius 2 is 0.887 bits per heavy atom. The fraction of sp³-hybridized carbons (Fsp3) is 0. The zero-order valence-corrected chi connectivity index (χ0v) is 28.4. The molecule has 10 rings (SSSR count). The quantitative estimate of drug-likeness (QED) is 0.174. The van der Waals surface area contributed by atoms with Gasteiger partial charge in [-0.3, -0.25) is 9.97 Å². The summed E-state index contributed by atoms with van der Waals surface area (Å²) in [5, 5.41) is 3.04. The molecule has 6 heteroatoms. The SMILES string of the molecule is c1ccc(-c2ccc(-c3nc(-c4ccccc4)nc(-c4cccc(-c5ccc(-c6cc7c(cn6)oc6c8ccccc8cnc76)cc5)c4)n3)cc2)cc1. The molecule has 0 fully saturated rings. The van der Waals surface area contributed by atoms with Gasteiger partial charge in [0.2, 0.25) is 0 Å². The number of nitrogens with zero attached hydrogens (tertiary/aromatic N) is 5. The van der Waals surface area contributed by atoms with Gasteiger partial charge in [0.1, 0.15) is 5.52 Å². The second-order valence-corrected chi connectivity index (χ2v) is 13.0. The normalized spacial score (nSPS) is 11.4. The van der Waals surface area contributed by atoms with Crippen LogP contribution in [-0.2, 0) is 0 Å². The molecule has 6 nitrogen and oxygen atoms in total. The summed E-state index contributed by atoms with van der Waals surface area (Å²) in [6.07, 6.45) is 3.70. The lowest BCUT2D eigenvalue weighted by Crippen LogP contribution is -2.00. The first-order chi connectivity index (χ1) is 26.2. The monoisotopic (exact) mass is 679 g/mol. The third kappa shape index (κ3) is 5.69. The van der Waals surface area contributed by atoms with Gasteiger partial charge >= 0.3 is 0 Å². The summed E-state index contributed by atoms with van der Waals surface area (Å²) in [6, 6.07) is 55.8. The van der Waals surface area contributed by atoms with Crippen LogP contribution in [0.15, 0.2) is 181 Å². The van der Waals surface area contributed by atoms with E-state index in [9.17, 15) is 0 Å². The number of hydrogen-bond donors (Lipinski definition) is 0. The van der Waals surface area contributed by atoms with Crippen LogP contribution < -0.4 is 0 Å². The van der Waals surface area contributed by atoms with Crippen molar-refractivity contribution in [3.05, 3.63) is 176 Å². The van der Waals surface area contributed by atoms with Crippen molar-refractivity contribution >= 4 is 32.8 Å². The van der Waals surface area contributed by atoms with Crippen LogP contribution in [0.4, 0.5) is 0 Å². The van der Waals surface area contributed by atoms with Crippen LogP contribution in [0.5, 0.6) is 0 Å². The van der Waals surface area contributed by atoms with Crippen molar-refractivity contribution in [2.45, 2.75) is 0 Å². The van der Waals surface area contributed by atoms with Crippen LogP contribution >= 0.6 is 0 Å². The maximum absolute atomic E-state index is 6.23. The Morgan fingerprint density at radius 3 is 1.62 bits per heavy atom. The molecule has 4 heterocycles. The van der Waals surface area contributed by atoms with Gasteiger partial charge in [-0.15, -0.1) is 0 Å². The fourth-order valence-electron chi connectivity index (χ4n) is 6.87. The van der Waals surface area contributed by atoms with Gasteiger partial charge in [0.05, 0.1) is 17.3 Å². The maximum atomic E-state index is 6.23. The minimum absolute atomic E-state index is 0.616. The summed E-state index contributed by atoms with van der Waals surface area (Å²) in [7, 11) is 0. The highest BCUT2D eigenvalue weighted by Gasteiger charge is 2.15. The number of aromatic nitrogens is 5. The summed E-state index contributed by atoms with van der Waals surface area (Å²) in [4.78, 5) is 24.4. The van der Waals surface area contributed by atoms with Gasteiger partial charge in [-0.2, -0.15) is 0 Å². The first-order valence-electron chi connectivity index (χ1n) is 17.5. The molecule has 0 spiro atoms. The Bertz CT molecular complexity index is 2920. The average Bonchev–Trinajstić information content (AvgIpc) is 3.63.